The highest BCUT2D eigenvalue weighted by atomic mass is 16.5. The summed E-state index contributed by atoms with van der Waals surface area (Å²) in [6.45, 7) is 2.10. The number of nitrogens with two attached hydrogens (primary N) is 1. The minimum absolute atomic E-state index is 0.148. The molecule has 0 amide bonds. The van der Waals surface area contributed by atoms with Crippen LogP contribution < -0.4 is 11.3 Å². The van der Waals surface area contributed by atoms with E-state index in [4.69, 9.17) is 10.6 Å². The molecule has 4 nitrogen and oxygen atoms in total. The molecule has 0 fully saturated rings. The number of hydrazine groups is 1. The van der Waals surface area contributed by atoms with Crippen LogP contribution in [0.1, 0.15) is 39.0 Å². The Morgan fingerprint density at radius 1 is 1.59 bits per heavy atom. The zero-order chi connectivity index (χ0) is 12.7. The van der Waals surface area contributed by atoms with Crippen molar-refractivity contribution in [1.82, 2.24) is 5.43 Å². The molecule has 1 unspecified atom stereocenters. The molecule has 0 saturated heterocycles. The monoisotopic (exact) mass is 238 g/mol. The van der Waals surface area contributed by atoms with Crippen LogP contribution in [0.2, 0.25) is 0 Å². The van der Waals surface area contributed by atoms with E-state index in [0.29, 0.717) is 6.42 Å². The number of hydrogen-bond donors (Lipinski definition) is 2. The Bertz CT molecular complexity index is 321. The number of methoxy groups -OCH3 is 1. The molecule has 3 N–H and O–H groups in total. The molecule has 0 bridgehead atoms. The Morgan fingerprint density at radius 3 is 2.94 bits per heavy atom. The number of carbonyl (C=O) groups excluding carboxylic acids is 1. The van der Waals surface area contributed by atoms with Gasteiger partial charge in [0.15, 0.2) is 0 Å². The zero-order valence-electron chi connectivity index (χ0n) is 10.7. The average molecular weight is 238 g/mol. The molecule has 0 radical (unpaired) electrons. The summed E-state index contributed by atoms with van der Waals surface area (Å²) in [6, 6.07) is 0. The Labute approximate surface area is 103 Å². The predicted molar refractivity (Wildman–Crippen MR) is 67.8 cm³/mol. The number of nitrogens with one attached hydrogen (secondary N) is 1. The van der Waals surface area contributed by atoms with Gasteiger partial charge in [-0.2, -0.15) is 0 Å². The summed E-state index contributed by atoms with van der Waals surface area (Å²) < 4.78 is 4.72. The van der Waals surface area contributed by atoms with Crippen molar-refractivity contribution in [3.8, 4) is 0 Å². The van der Waals surface area contributed by atoms with Crippen molar-refractivity contribution in [3.63, 3.8) is 0 Å². The first-order valence-electron chi connectivity index (χ1n) is 6.13. The smallest absolute Gasteiger partial charge is 0.306 e. The summed E-state index contributed by atoms with van der Waals surface area (Å²) >= 11 is 0. The molecular formula is C13H22N2O2. The van der Waals surface area contributed by atoms with Gasteiger partial charge in [-0.25, -0.2) is 0 Å². The third-order valence-corrected chi connectivity index (χ3v) is 3.18. The summed E-state index contributed by atoms with van der Waals surface area (Å²) in [5.41, 5.74) is 5.09. The van der Waals surface area contributed by atoms with Crippen molar-refractivity contribution in [2.45, 2.75) is 39.0 Å². The van der Waals surface area contributed by atoms with Crippen LogP contribution >= 0.6 is 0 Å². The van der Waals surface area contributed by atoms with Gasteiger partial charge in [0, 0.05) is 5.70 Å². The fourth-order valence-electron chi connectivity index (χ4n) is 2.24. The van der Waals surface area contributed by atoms with Crippen molar-refractivity contribution >= 4 is 5.97 Å². The van der Waals surface area contributed by atoms with Crippen molar-refractivity contribution in [2.24, 2.45) is 11.8 Å². The SMILES string of the molecule is CCC=CCC1=C(NN)CCC1CC(=O)OC. The highest BCUT2D eigenvalue weighted by Crippen LogP contribution is 2.35. The number of esters is 1. The lowest BCUT2D eigenvalue weighted by molar-refractivity contribution is -0.141. The van der Waals surface area contributed by atoms with E-state index in [1.807, 2.05) is 0 Å². The highest BCUT2D eigenvalue weighted by molar-refractivity contribution is 5.70. The lowest BCUT2D eigenvalue weighted by Crippen LogP contribution is -2.21. The fraction of sp³-hybridized carbons (Fsp3) is 0.615. The summed E-state index contributed by atoms with van der Waals surface area (Å²) in [6.07, 6.45) is 8.53. The molecule has 1 aliphatic carbocycles. The maximum Gasteiger partial charge on any atom is 0.306 e. The minimum Gasteiger partial charge on any atom is -0.469 e. The third-order valence-electron chi connectivity index (χ3n) is 3.18. The van der Waals surface area contributed by atoms with Crippen LogP contribution in [-0.2, 0) is 9.53 Å². The molecule has 17 heavy (non-hydrogen) atoms. The Kier molecular flexibility index (Phi) is 5.77. The number of rotatable bonds is 6. The Hall–Kier alpha value is -1.29. The van der Waals surface area contributed by atoms with Gasteiger partial charge in [-0.1, -0.05) is 19.1 Å². The number of hydrogen-bond acceptors (Lipinski definition) is 4. The molecule has 1 aliphatic rings. The normalized spacial score (nSPS) is 20.1. The van der Waals surface area contributed by atoms with Crippen LogP contribution in [0.25, 0.3) is 0 Å². The lowest BCUT2D eigenvalue weighted by atomic mass is 9.95. The zero-order valence-corrected chi connectivity index (χ0v) is 10.7. The van der Waals surface area contributed by atoms with E-state index in [1.54, 1.807) is 0 Å². The second-order valence-electron chi connectivity index (χ2n) is 4.25. The molecule has 0 spiro atoms. The molecular weight excluding hydrogens is 216 g/mol. The van der Waals surface area contributed by atoms with Gasteiger partial charge >= 0.3 is 5.97 Å². The van der Waals surface area contributed by atoms with Gasteiger partial charge in [0.05, 0.1) is 13.5 Å². The second kappa shape index (κ2) is 7.12. The highest BCUT2D eigenvalue weighted by Gasteiger charge is 2.26. The van der Waals surface area contributed by atoms with Crippen LogP contribution in [-0.4, -0.2) is 13.1 Å². The van der Waals surface area contributed by atoms with E-state index < -0.39 is 0 Å². The third kappa shape index (κ3) is 3.89. The van der Waals surface area contributed by atoms with E-state index >= 15 is 0 Å². The molecule has 0 aromatic heterocycles. The largest absolute Gasteiger partial charge is 0.469 e. The van der Waals surface area contributed by atoms with Crippen molar-refractivity contribution < 1.29 is 9.53 Å². The molecule has 0 aliphatic heterocycles. The second-order valence-corrected chi connectivity index (χ2v) is 4.25. The van der Waals surface area contributed by atoms with Crippen LogP contribution in [0.5, 0.6) is 0 Å². The number of ether oxygens (including phenoxy) is 1. The van der Waals surface area contributed by atoms with Crippen molar-refractivity contribution in [3.05, 3.63) is 23.4 Å². The summed E-state index contributed by atoms with van der Waals surface area (Å²) in [7, 11) is 1.43. The maximum absolute atomic E-state index is 11.3. The maximum atomic E-state index is 11.3. The predicted octanol–water partition coefficient (Wildman–Crippen LogP) is 2.03. The average Bonchev–Trinajstić information content (AvgIpc) is 2.72. The van der Waals surface area contributed by atoms with Crippen molar-refractivity contribution in [2.75, 3.05) is 7.11 Å². The molecule has 0 heterocycles. The van der Waals surface area contributed by atoms with Crippen LogP contribution in [0, 0.1) is 5.92 Å². The first kappa shape index (κ1) is 13.8. The van der Waals surface area contributed by atoms with Gasteiger partial charge in [0.1, 0.15) is 0 Å². The summed E-state index contributed by atoms with van der Waals surface area (Å²) in [4.78, 5) is 11.3. The standard InChI is InChI=1S/C13H22N2O2/c1-3-4-5-6-11-10(9-13(16)17-2)7-8-12(11)15-14/h4-5,10,15H,3,6-9,14H2,1-2H3. The molecule has 0 saturated carbocycles. The van der Waals surface area contributed by atoms with Crippen LogP contribution in [0.4, 0.5) is 0 Å². The van der Waals surface area contributed by atoms with Gasteiger partial charge in [-0.05, 0) is 37.2 Å². The van der Waals surface area contributed by atoms with Gasteiger partial charge < -0.3 is 10.2 Å². The van der Waals surface area contributed by atoms with Gasteiger partial charge in [0.2, 0.25) is 0 Å². The van der Waals surface area contributed by atoms with E-state index in [1.165, 1.54) is 12.7 Å². The van der Waals surface area contributed by atoms with E-state index in [0.717, 1.165) is 31.4 Å². The molecule has 1 atom stereocenters. The fourth-order valence-corrected chi connectivity index (χ4v) is 2.24. The van der Waals surface area contributed by atoms with E-state index in [9.17, 15) is 4.79 Å². The number of carbonyl (C=O) groups is 1. The minimum atomic E-state index is -0.148. The Balaban J connectivity index is 2.68. The van der Waals surface area contributed by atoms with E-state index in [-0.39, 0.29) is 11.9 Å². The van der Waals surface area contributed by atoms with Gasteiger partial charge in [-0.15, -0.1) is 0 Å². The number of allylic oxidation sites excluding steroid dienone is 4. The summed E-state index contributed by atoms with van der Waals surface area (Å²) in [5, 5.41) is 0. The topological polar surface area (TPSA) is 64.3 Å². The van der Waals surface area contributed by atoms with E-state index in [2.05, 4.69) is 24.5 Å². The van der Waals surface area contributed by atoms with Gasteiger partial charge in [0.25, 0.3) is 0 Å². The molecule has 96 valence electrons. The van der Waals surface area contributed by atoms with Crippen LogP contribution in [0.15, 0.2) is 23.4 Å². The van der Waals surface area contributed by atoms with Crippen LogP contribution in [0.3, 0.4) is 0 Å². The Morgan fingerprint density at radius 2 is 2.35 bits per heavy atom. The molecule has 0 aromatic carbocycles. The summed E-state index contributed by atoms with van der Waals surface area (Å²) in [5.74, 6) is 5.63. The first-order valence-corrected chi connectivity index (χ1v) is 6.13. The first-order chi connectivity index (χ1) is 8.22. The lowest BCUT2D eigenvalue weighted by Gasteiger charge is -2.13. The van der Waals surface area contributed by atoms with Crippen molar-refractivity contribution in [1.29, 1.82) is 0 Å². The molecule has 0 aromatic rings. The quantitative estimate of drug-likeness (QED) is 0.322. The molecule has 4 heteroatoms. The van der Waals surface area contributed by atoms with Gasteiger partial charge in [-0.3, -0.25) is 10.6 Å². The molecule has 1 rings (SSSR count).